The first-order valence-corrected chi connectivity index (χ1v) is 9.36. The quantitative estimate of drug-likeness (QED) is 0.797. The maximum Gasteiger partial charge on any atom is 0.223 e. The van der Waals surface area contributed by atoms with Gasteiger partial charge in [0, 0.05) is 17.6 Å². The lowest BCUT2D eigenvalue weighted by atomic mass is 9.93. The van der Waals surface area contributed by atoms with Crippen LogP contribution < -0.4 is 5.32 Å². The van der Waals surface area contributed by atoms with Crippen LogP contribution in [0.15, 0.2) is 59.2 Å². The van der Waals surface area contributed by atoms with Crippen molar-refractivity contribution in [2.75, 3.05) is 0 Å². The highest BCUT2D eigenvalue weighted by molar-refractivity contribution is 9.10. The van der Waals surface area contributed by atoms with Gasteiger partial charge in [0.05, 0.1) is 18.5 Å². The fourth-order valence-electron chi connectivity index (χ4n) is 3.22. The molecule has 1 N–H and O–H groups in total. The van der Waals surface area contributed by atoms with E-state index in [1.807, 2.05) is 61.5 Å². The molecule has 0 aromatic heterocycles. The molecule has 1 heterocycles. The van der Waals surface area contributed by atoms with Gasteiger partial charge in [-0.15, -0.1) is 0 Å². The van der Waals surface area contributed by atoms with Crippen LogP contribution in [0.2, 0.25) is 0 Å². The van der Waals surface area contributed by atoms with Gasteiger partial charge in [-0.05, 0) is 41.8 Å². The van der Waals surface area contributed by atoms with Crippen molar-refractivity contribution in [2.45, 2.75) is 32.4 Å². The van der Waals surface area contributed by atoms with Gasteiger partial charge in [0.15, 0.2) is 0 Å². The Labute approximate surface area is 162 Å². The molecule has 0 aliphatic carbocycles. The lowest BCUT2D eigenvalue weighted by molar-refractivity contribution is -0.130. The van der Waals surface area contributed by atoms with E-state index in [1.165, 1.54) is 6.92 Å². The number of carbonyl (C=O) groups is 2. The minimum absolute atomic E-state index is 0.0745. The van der Waals surface area contributed by atoms with E-state index in [-0.39, 0.29) is 30.3 Å². The van der Waals surface area contributed by atoms with E-state index < -0.39 is 0 Å². The molecule has 26 heavy (non-hydrogen) atoms. The summed E-state index contributed by atoms with van der Waals surface area (Å²) in [5.41, 5.74) is 3.08. The van der Waals surface area contributed by atoms with Crippen LogP contribution in [0, 0.1) is 0 Å². The van der Waals surface area contributed by atoms with Gasteiger partial charge >= 0.3 is 0 Å². The topological polar surface area (TPSA) is 49.4 Å². The molecule has 2 amide bonds. The number of nitrogens with zero attached hydrogens (tertiary/aromatic N) is 1. The molecule has 2 unspecified atom stereocenters. The van der Waals surface area contributed by atoms with E-state index in [1.54, 1.807) is 11.1 Å². The van der Waals surface area contributed by atoms with Crippen LogP contribution in [0.4, 0.5) is 0 Å². The molecular formula is C21H21BrN2O2. The Hall–Kier alpha value is -2.40. The van der Waals surface area contributed by atoms with Crippen molar-refractivity contribution < 1.29 is 9.59 Å². The average Bonchev–Trinajstić information content (AvgIpc) is 2.62. The third-order valence-corrected chi connectivity index (χ3v) is 5.12. The molecule has 0 fully saturated rings. The van der Waals surface area contributed by atoms with Crippen molar-refractivity contribution in [1.29, 1.82) is 0 Å². The third-order valence-electron chi connectivity index (χ3n) is 4.60. The van der Waals surface area contributed by atoms with Gasteiger partial charge in [-0.25, -0.2) is 0 Å². The van der Waals surface area contributed by atoms with E-state index >= 15 is 0 Å². The highest BCUT2D eigenvalue weighted by atomic mass is 79.9. The largest absolute Gasteiger partial charge is 0.350 e. The number of rotatable bonds is 4. The Morgan fingerprint density at radius 1 is 1.15 bits per heavy atom. The lowest BCUT2D eigenvalue weighted by Gasteiger charge is -2.32. The van der Waals surface area contributed by atoms with Crippen LogP contribution in [0.3, 0.4) is 0 Å². The van der Waals surface area contributed by atoms with E-state index in [9.17, 15) is 9.59 Å². The molecule has 0 saturated heterocycles. The van der Waals surface area contributed by atoms with E-state index in [2.05, 4.69) is 21.2 Å². The molecular weight excluding hydrogens is 392 g/mol. The Bertz CT molecular complexity index is 845. The summed E-state index contributed by atoms with van der Waals surface area (Å²) in [6.45, 7) is 3.48. The van der Waals surface area contributed by atoms with Gasteiger partial charge in [-0.2, -0.15) is 0 Å². The third kappa shape index (κ3) is 4.05. The summed E-state index contributed by atoms with van der Waals surface area (Å²) in [5.74, 6) is -0.156. The van der Waals surface area contributed by atoms with Gasteiger partial charge < -0.3 is 10.2 Å². The maximum atomic E-state index is 12.7. The highest BCUT2D eigenvalue weighted by Gasteiger charge is 2.28. The van der Waals surface area contributed by atoms with Crippen LogP contribution >= 0.6 is 15.9 Å². The molecule has 134 valence electrons. The Balaban J connectivity index is 1.75. The highest BCUT2D eigenvalue weighted by Crippen LogP contribution is 2.33. The van der Waals surface area contributed by atoms with Crippen molar-refractivity contribution in [2.24, 2.45) is 0 Å². The van der Waals surface area contributed by atoms with Gasteiger partial charge in [0.25, 0.3) is 0 Å². The molecule has 4 nitrogen and oxygen atoms in total. The van der Waals surface area contributed by atoms with Gasteiger partial charge in [-0.1, -0.05) is 52.3 Å². The Morgan fingerprint density at radius 2 is 1.85 bits per heavy atom. The summed E-state index contributed by atoms with van der Waals surface area (Å²) in [4.78, 5) is 26.3. The predicted molar refractivity (Wildman–Crippen MR) is 106 cm³/mol. The Morgan fingerprint density at radius 3 is 2.54 bits per heavy atom. The zero-order valence-corrected chi connectivity index (χ0v) is 16.4. The Kier molecular flexibility index (Phi) is 5.57. The van der Waals surface area contributed by atoms with E-state index in [0.717, 1.165) is 21.2 Å². The second kappa shape index (κ2) is 7.87. The normalized spacial score (nSPS) is 16.7. The molecule has 1 aliphatic heterocycles. The molecule has 0 radical (unpaired) electrons. The summed E-state index contributed by atoms with van der Waals surface area (Å²) < 4.78 is 1.00. The molecule has 5 heteroatoms. The van der Waals surface area contributed by atoms with Crippen LogP contribution in [0.25, 0.3) is 6.08 Å². The van der Waals surface area contributed by atoms with Crippen molar-refractivity contribution in [1.82, 2.24) is 10.2 Å². The van der Waals surface area contributed by atoms with Crippen LogP contribution in [0.5, 0.6) is 0 Å². The zero-order chi connectivity index (χ0) is 18.7. The predicted octanol–water partition coefficient (Wildman–Crippen LogP) is 4.59. The lowest BCUT2D eigenvalue weighted by Crippen LogP contribution is -2.36. The van der Waals surface area contributed by atoms with Gasteiger partial charge in [0.1, 0.15) is 0 Å². The molecule has 0 bridgehead atoms. The number of hydrogen-bond acceptors (Lipinski definition) is 2. The first kappa shape index (κ1) is 18.4. The number of halogens is 1. The van der Waals surface area contributed by atoms with E-state index in [0.29, 0.717) is 0 Å². The summed E-state index contributed by atoms with van der Waals surface area (Å²) >= 11 is 3.42. The fraction of sp³-hybridized carbons (Fsp3) is 0.238. The van der Waals surface area contributed by atoms with Crippen molar-refractivity contribution in [3.05, 3.63) is 75.9 Å². The van der Waals surface area contributed by atoms with Crippen LogP contribution in [0.1, 0.15) is 49.0 Å². The van der Waals surface area contributed by atoms with Crippen molar-refractivity contribution >= 4 is 33.8 Å². The van der Waals surface area contributed by atoms with Crippen LogP contribution in [-0.4, -0.2) is 16.7 Å². The number of fused-ring (bicyclic) bond motifs is 1. The summed E-state index contributed by atoms with van der Waals surface area (Å²) in [6, 6.07) is 15.4. The number of hydrogen-bond donors (Lipinski definition) is 1. The second-order valence-electron chi connectivity index (χ2n) is 6.43. The SMILES string of the molecule is CC(=O)N1C=Cc2ccccc2C1CC(=O)NC(C)c1ccc(Br)cc1. The van der Waals surface area contributed by atoms with Gasteiger partial charge in [0.2, 0.25) is 11.8 Å². The molecule has 3 rings (SSSR count). The van der Waals surface area contributed by atoms with Crippen molar-refractivity contribution in [3.8, 4) is 0 Å². The standard InChI is InChI=1S/C21H21BrN2O2/c1-14(16-7-9-18(22)10-8-16)23-21(26)13-20-19-6-4-3-5-17(19)11-12-24(20)15(2)25/h3-12,14,20H,13H2,1-2H3,(H,23,26). The number of amides is 2. The number of nitrogens with one attached hydrogen (secondary N) is 1. The smallest absolute Gasteiger partial charge is 0.223 e. The maximum absolute atomic E-state index is 12.7. The minimum atomic E-state index is -0.286. The first-order chi connectivity index (χ1) is 12.5. The molecule has 2 aromatic rings. The molecule has 0 spiro atoms. The zero-order valence-electron chi connectivity index (χ0n) is 14.8. The minimum Gasteiger partial charge on any atom is -0.350 e. The fourth-order valence-corrected chi connectivity index (χ4v) is 3.49. The molecule has 2 atom stereocenters. The van der Waals surface area contributed by atoms with Crippen molar-refractivity contribution in [3.63, 3.8) is 0 Å². The first-order valence-electron chi connectivity index (χ1n) is 8.56. The van der Waals surface area contributed by atoms with Gasteiger partial charge in [-0.3, -0.25) is 9.59 Å². The summed E-state index contributed by atoms with van der Waals surface area (Å²) in [7, 11) is 0. The molecule has 2 aromatic carbocycles. The average molecular weight is 413 g/mol. The van der Waals surface area contributed by atoms with E-state index in [4.69, 9.17) is 0 Å². The monoisotopic (exact) mass is 412 g/mol. The number of benzene rings is 2. The number of carbonyl (C=O) groups excluding carboxylic acids is 2. The van der Waals surface area contributed by atoms with Crippen LogP contribution in [-0.2, 0) is 9.59 Å². The second-order valence-corrected chi connectivity index (χ2v) is 7.35. The molecule has 0 saturated carbocycles. The summed E-state index contributed by atoms with van der Waals surface area (Å²) in [6.07, 6.45) is 3.90. The summed E-state index contributed by atoms with van der Waals surface area (Å²) in [5, 5.41) is 3.04. The molecule has 1 aliphatic rings.